The molecule has 5 heteroatoms. The minimum atomic E-state index is 0.359. The van der Waals surface area contributed by atoms with E-state index in [1.807, 2.05) is 18.2 Å². The van der Waals surface area contributed by atoms with E-state index in [-0.39, 0.29) is 0 Å². The first-order valence-electron chi connectivity index (χ1n) is 6.34. The highest BCUT2D eigenvalue weighted by atomic mass is 32.1. The number of hydrogen-bond acceptors (Lipinski definition) is 4. The van der Waals surface area contributed by atoms with Crippen LogP contribution in [0, 0.1) is 0 Å². The third-order valence-corrected chi connectivity index (χ3v) is 3.77. The maximum atomic E-state index is 5.63. The summed E-state index contributed by atoms with van der Waals surface area (Å²) in [7, 11) is 2.18. The largest absolute Gasteiger partial charge is 0.388 e. The van der Waals surface area contributed by atoms with Crippen molar-refractivity contribution in [3.63, 3.8) is 0 Å². The first-order valence-corrected chi connectivity index (χ1v) is 6.74. The second-order valence-electron chi connectivity index (χ2n) is 4.73. The normalized spacial score (nSPS) is 21.0. The highest BCUT2D eigenvalue weighted by Crippen LogP contribution is 2.18. The van der Waals surface area contributed by atoms with E-state index in [4.69, 9.17) is 18.0 Å². The number of anilines is 1. The zero-order valence-corrected chi connectivity index (χ0v) is 11.8. The average Bonchev–Trinajstić information content (AvgIpc) is 2.39. The van der Waals surface area contributed by atoms with Crippen LogP contribution in [0.2, 0.25) is 0 Å². The molecule has 1 fully saturated rings. The molecule has 1 aromatic rings. The zero-order chi connectivity index (χ0) is 13.1. The van der Waals surface area contributed by atoms with Gasteiger partial charge in [-0.25, -0.2) is 4.98 Å². The third-order valence-electron chi connectivity index (χ3n) is 3.56. The van der Waals surface area contributed by atoms with Crippen LogP contribution in [0.15, 0.2) is 18.2 Å². The summed E-state index contributed by atoms with van der Waals surface area (Å²) in [6.45, 7) is 5.31. The SMILES string of the molecule is CCC1CN(c2cccc(C(N)=S)n2)CCN1C. The lowest BCUT2D eigenvalue weighted by atomic mass is 10.1. The predicted octanol–water partition coefficient (Wildman–Crippen LogP) is 1.25. The van der Waals surface area contributed by atoms with Crippen molar-refractivity contribution < 1.29 is 0 Å². The molecule has 1 saturated heterocycles. The van der Waals surface area contributed by atoms with Crippen LogP contribution in [0.4, 0.5) is 5.82 Å². The van der Waals surface area contributed by atoms with Crippen LogP contribution in [-0.2, 0) is 0 Å². The van der Waals surface area contributed by atoms with E-state index in [2.05, 4.69) is 28.8 Å². The molecule has 2 rings (SSSR count). The van der Waals surface area contributed by atoms with Gasteiger partial charge in [-0.15, -0.1) is 0 Å². The first kappa shape index (κ1) is 13.2. The molecular weight excluding hydrogens is 244 g/mol. The van der Waals surface area contributed by atoms with Gasteiger partial charge in [-0.05, 0) is 25.6 Å². The van der Waals surface area contributed by atoms with Gasteiger partial charge in [0.15, 0.2) is 0 Å². The van der Waals surface area contributed by atoms with Gasteiger partial charge < -0.3 is 10.6 Å². The lowest BCUT2D eigenvalue weighted by molar-refractivity contribution is 0.213. The maximum Gasteiger partial charge on any atom is 0.129 e. The first-order chi connectivity index (χ1) is 8.61. The maximum absolute atomic E-state index is 5.63. The summed E-state index contributed by atoms with van der Waals surface area (Å²) in [6, 6.07) is 6.45. The van der Waals surface area contributed by atoms with Crippen molar-refractivity contribution in [3.8, 4) is 0 Å². The van der Waals surface area contributed by atoms with Gasteiger partial charge in [-0.3, -0.25) is 4.90 Å². The Morgan fingerprint density at radius 3 is 2.94 bits per heavy atom. The number of aromatic nitrogens is 1. The summed E-state index contributed by atoms with van der Waals surface area (Å²) < 4.78 is 0. The van der Waals surface area contributed by atoms with Crippen LogP contribution in [0.1, 0.15) is 19.0 Å². The molecule has 0 aromatic carbocycles. The van der Waals surface area contributed by atoms with E-state index < -0.39 is 0 Å². The highest BCUT2D eigenvalue weighted by molar-refractivity contribution is 7.80. The number of hydrogen-bond donors (Lipinski definition) is 1. The molecule has 2 N–H and O–H groups in total. The fourth-order valence-corrected chi connectivity index (χ4v) is 2.45. The summed E-state index contributed by atoms with van der Waals surface area (Å²) >= 11 is 4.98. The van der Waals surface area contributed by atoms with Gasteiger partial charge in [-0.2, -0.15) is 0 Å². The summed E-state index contributed by atoms with van der Waals surface area (Å²) in [5, 5.41) is 0. The number of likely N-dealkylation sites (N-methyl/N-ethyl adjacent to an activating group) is 1. The minimum Gasteiger partial charge on any atom is -0.388 e. The molecule has 0 spiro atoms. The van der Waals surface area contributed by atoms with Gasteiger partial charge >= 0.3 is 0 Å². The zero-order valence-electron chi connectivity index (χ0n) is 11.0. The lowest BCUT2D eigenvalue weighted by Crippen LogP contribution is -2.51. The summed E-state index contributed by atoms with van der Waals surface area (Å²) in [5.74, 6) is 0.979. The van der Waals surface area contributed by atoms with Crippen molar-refractivity contribution in [1.29, 1.82) is 0 Å². The van der Waals surface area contributed by atoms with Crippen molar-refractivity contribution in [1.82, 2.24) is 9.88 Å². The number of nitrogens with zero attached hydrogens (tertiary/aromatic N) is 3. The van der Waals surface area contributed by atoms with E-state index in [9.17, 15) is 0 Å². The Hall–Kier alpha value is -1.20. The monoisotopic (exact) mass is 264 g/mol. The van der Waals surface area contributed by atoms with Crippen LogP contribution >= 0.6 is 12.2 Å². The van der Waals surface area contributed by atoms with Crippen molar-refractivity contribution in [3.05, 3.63) is 23.9 Å². The molecule has 2 heterocycles. The molecule has 1 atom stereocenters. The number of piperazine rings is 1. The van der Waals surface area contributed by atoms with Crippen molar-refractivity contribution in [2.75, 3.05) is 31.6 Å². The Morgan fingerprint density at radius 1 is 1.50 bits per heavy atom. The molecule has 1 aliphatic heterocycles. The van der Waals surface area contributed by atoms with Crippen LogP contribution < -0.4 is 10.6 Å². The topological polar surface area (TPSA) is 45.4 Å². The van der Waals surface area contributed by atoms with Gasteiger partial charge in [0.2, 0.25) is 0 Å². The lowest BCUT2D eigenvalue weighted by Gasteiger charge is -2.39. The van der Waals surface area contributed by atoms with Crippen molar-refractivity contribution in [2.45, 2.75) is 19.4 Å². The van der Waals surface area contributed by atoms with Gasteiger partial charge in [-0.1, -0.05) is 25.2 Å². The molecule has 0 amide bonds. The smallest absolute Gasteiger partial charge is 0.129 e. The van der Waals surface area contributed by atoms with E-state index in [0.29, 0.717) is 16.7 Å². The summed E-state index contributed by atoms with van der Waals surface area (Å²) in [6.07, 6.45) is 1.15. The average molecular weight is 264 g/mol. The standard InChI is InChI=1S/C13H20N4S/c1-3-10-9-17(8-7-16(10)2)12-6-4-5-11(15-12)13(14)18/h4-6,10H,3,7-9H2,1-2H3,(H2,14,18). The Balaban J connectivity index is 2.16. The Bertz CT molecular complexity index is 435. The van der Waals surface area contributed by atoms with E-state index in [1.54, 1.807) is 0 Å². The molecule has 4 nitrogen and oxygen atoms in total. The molecule has 18 heavy (non-hydrogen) atoms. The molecule has 1 aromatic heterocycles. The van der Waals surface area contributed by atoms with Crippen molar-refractivity contribution >= 4 is 23.0 Å². The molecule has 1 aliphatic rings. The second-order valence-corrected chi connectivity index (χ2v) is 5.17. The van der Waals surface area contributed by atoms with Gasteiger partial charge in [0, 0.05) is 25.7 Å². The Kier molecular flexibility index (Phi) is 4.14. The number of nitrogens with two attached hydrogens (primary N) is 1. The molecule has 98 valence electrons. The number of rotatable bonds is 3. The number of pyridine rings is 1. The van der Waals surface area contributed by atoms with Crippen LogP contribution in [0.5, 0.6) is 0 Å². The van der Waals surface area contributed by atoms with Crippen LogP contribution in [0.25, 0.3) is 0 Å². The Labute approximate surface area is 114 Å². The highest BCUT2D eigenvalue weighted by Gasteiger charge is 2.23. The number of thiocarbonyl (C=S) groups is 1. The van der Waals surface area contributed by atoms with Crippen molar-refractivity contribution in [2.24, 2.45) is 5.73 Å². The predicted molar refractivity (Wildman–Crippen MR) is 79.0 cm³/mol. The molecule has 0 bridgehead atoms. The van der Waals surface area contributed by atoms with E-state index in [1.165, 1.54) is 0 Å². The van der Waals surface area contributed by atoms with E-state index >= 15 is 0 Å². The summed E-state index contributed by atoms with van der Waals surface area (Å²) in [4.78, 5) is 9.62. The summed E-state index contributed by atoms with van der Waals surface area (Å²) in [5.41, 5.74) is 6.33. The third kappa shape index (κ3) is 2.79. The molecule has 1 unspecified atom stereocenters. The molecule has 0 radical (unpaired) electrons. The van der Waals surface area contributed by atoms with Gasteiger partial charge in [0.05, 0.1) is 5.69 Å². The molecule has 0 saturated carbocycles. The molecular formula is C13H20N4S. The van der Waals surface area contributed by atoms with Gasteiger partial charge in [0.25, 0.3) is 0 Å². The fourth-order valence-electron chi connectivity index (χ4n) is 2.33. The van der Waals surface area contributed by atoms with Crippen LogP contribution in [-0.4, -0.2) is 47.6 Å². The van der Waals surface area contributed by atoms with E-state index in [0.717, 1.165) is 31.9 Å². The fraction of sp³-hybridized carbons (Fsp3) is 0.538. The minimum absolute atomic E-state index is 0.359. The molecule has 0 aliphatic carbocycles. The van der Waals surface area contributed by atoms with Gasteiger partial charge in [0.1, 0.15) is 10.8 Å². The van der Waals surface area contributed by atoms with Crippen LogP contribution in [0.3, 0.4) is 0 Å². The second kappa shape index (κ2) is 5.63. The Morgan fingerprint density at radius 2 is 2.28 bits per heavy atom. The quantitative estimate of drug-likeness (QED) is 0.832.